The zero-order chi connectivity index (χ0) is 25.7. The van der Waals surface area contributed by atoms with Crippen LogP contribution in [0.2, 0.25) is 0 Å². The maximum Gasteiger partial charge on any atom is 0.175 e. The van der Waals surface area contributed by atoms with E-state index in [9.17, 15) is 0 Å². The molecule has 1 heterocycles. The first kappa shape index (κ1) is 28.1. The van der Waals surface area contributed by atoms with Gasteiger partial charge in [-0.25, -0.2) is 0 Å². The average molecular weight is 500 g/mol. The van der Waals surface area contributed by atoms with Crippen LogP contribution in [0.15, 0.2) is 30.3 Å². The SMILES string of the molecule is CCC1(C)CC(OC2CCCCC2)(OC2CCCCC2)C(C)C(C)(CC)N1OCCc1ccccc1. The largest absolute Gasteiger partial charge is 0.346 e. The molecule has 0 amide bonds. The van der Waals surface area contributed by atoms with Gasteiger partial charge < -0.3 is 9.47 Å². The van der Waals surface area contributed by atoms with E-state index in [0.29, 0.717) is 18.8 Å². The zero-order valence-corrected chi connectivity index (χ0v) is 23.9. The maximum absolute atomic E-state index is 7.25. The maximum atomic E-state index is 7.25. The van der Waals surface area contributed by atoms with Crippen molar-refractivity contribution in [3.8, 4) is 0 Å². The predicted octanol–water partition coefficient (Wildman–Crippen LogP) is 8.23. The van der Waals surface area contributed by atoms with Gasteiger partial charge in [-0.2, -0.15) is 5.06 Å². The van der Waals surface area contributed by atoms with Crippen molar-refractivity contribution in [2.24, 2.45) is 5.92 Å². The highest BCUT2D eigenvalue weighted by Crippen LogP contribution is 2.54. The Morgan fingerprint density at radius 2 is 1.36 bits per heavy atom. The average Bonchev–Trinajstić information content (AvgIpc) is 2.91. The van der Waals surface area contributed by atoms with Crippen LogP contribution >= 0.6 is 0 Å². The summed E-state index contributed by atoms with van der Waals surface area (Å²) in [5.41, 5.74) is 0.995. The van der Waals surface area contributed by atoms with Gasteiger partial charge in [0.1, 0.15) is 0 Å². The Morgan fingerprint density at radius 3 is 1.86 bits per heavy atom. The van der Waals surface area contributed by atoms with Crippen molar-refractivity contribution in [2.75, 3.05) is 6.61 Å². The lowest BCUT2D eigenvalue weighted by Gasteiger charge is -2.63. The summed E-state index contributed by atoms with van der Waals surface area (Å²) in [4.78, 5) is 6.77. The van der Waals surface area contributed by atoms with Crippen molar-refractivity contribution >= 4 is 0 Å². The minimum atomic E-state index is -0.557. The summed E-state index contributed by atoms with van der Waals surface area (Å²) in [7, 11) is 0. The number of piperidine rings is 1. The summed E-state index contributed by atoms with van der Waals surface area (Å²) >= 11 is 0. The second-order valence-electron chi connectivity index (χ2n) is 12.4. The monoisotopic (exact) mass is 499 g/mol. The third kappa shape index (κ3) is 6.03. The number of hydrogen-bond donors (Lipinski definition) is 0. The quantitative estimate of drug-likeness (QED) is 0.303. The highest BCUT2D eigenvalue weighted by atomic mass is 16.7. The fraction of sp³-hybridized carbons (Fsp3) is 0.812. The number of rotatable bonds is 10. The fourth-order valence-electron chi connectivity index (χ4n) is 7.19. The van der Waals surface area contributed by atoms with Crippen LogP contribution in [0.4, 0.5) is 0 Å². The molecule has 1 aliphatic heterocycles. The minimum Gasteiger partial charge on any atom is -0.346 e. The van der Waals surface area contributed by atoms with Crippen LogP contribution in [0.25, 0.3) is 0 Å². The second-order valence-corrected chi connectivity index (χ2v) is 12.4. The number of ether oxygens (including phenoxy) is 2. The predicted molar refractivity (Wildman–Crippen MR) is 148 cm³/mol. The summed E-state index contributed by atoms with van der Waals surface area (Å²) in [5, 5.41) is 2.39. The van der Waals surface area contributed by atoms with E-state index in [4.69, 9.17) is 14.3 Å². The van der Waals surface area contributed by atoms with Gasteiger partial charge in [0.05, 0.1) is 24.4 Å². The Balaban J connectivity index is 1.61. The van der Waals surface area contributed by atoms with E-state index in [0.717, 1.165) is 25.7 Å². The van der Waals surface area contributed by atoms with Gasteiger partial charge in [-0.05, 0) is 64.4 Å². The molecule has 0 N–H and O–H groups in total. The minimum absolute atomic E-state index is 0.155. The molecule has 0 spiro atoms. The van der Waals surface area contributed by atoms with Crippen LogP contribution in [-0.4, -0.2) is 40.7 Å². The van der Waals surface area contributed by atoms with E-state index in [2.05, 4.69) is 70.0 Å². The van der Waals surface area contributed by atoms with Gasteiger partial charge >= 0.3 is 0 Å². The molecule has 3 atom stereocenters. The van der Waals surface area contributed by atoms with Crippen molar-refractivity contribution in [2.45, 2.75) is 154 Å². The second kappa shape index (κ2) is 12.3. The van der Waals surface area contributed by atoms with Gasteiger partial charge in [-0.1, -0.05) is 89.6 Å². The lowest BCUT2D eigenvalue weighted by Crippen LogP contribution is -2.73. The molecular formula is C32H53NO3. The topological polar surface area (TPSA) is 30.9 Å². The number of hydroxylamine groups is 2. The molecule has 0 aromatic heterocycles. The first-order valence-electron chi connectivity index (χ1n) is 15.2. The van der Waals surface area contributed by atoms with E-state index in [-0.39, 0.29) is 17.0 Å². The zero-order valence-electron chi connectivity index (χ0n) is 23.9. The Labute approximate surface area is 221 Å². The molecule has 3 aliphatic rings. The Kier molecular flexibility index (Phi) is 9.58. The first-order chi connectivity index (χ1) is 17.4. The van der Waals surface area contributed by atoms with Crippen molar-refractivity contribution in [3.63, 3.8) is 0 Å². The normalized spacial score (nSPS) is 32.5. The summed E-state index contributed by atoms with van der Waals surface area (Å²) in [6.07, 6.45) is 16.9. The molecule has 1 saturated heterocycles. The molecule has 3 fully saturated rings. The molecule has 0 radical (unpaired) electrons. The highest BCUT2D eigenvalue weighted by molar-refractivity contribution is 5.15. The summed E-state index contributed by atoms with van der Waals surface area (Å²) < 4.78 is 14.5. The van der Waals surface area contributed by atoms with Gasteiger partial charge in [0.2, 0.25) is 0 Å². The molecule has 4 rings (SSSR count). The summed E-state index contributed by atoms with van der Waals surface area (Å²) in [6.45, 7) is 12.5. The smallest absolute Gasteiger partial charge is 0.175 e. The molecule has 1 aromatic carbocycles. The molecule has 3 unspecified atom stereocenters. The van der Waals surface area contributed by atoms with Crippen molar-refractivity contribution in [1.29, 1.82) is 0 Å². The molecule has 4 nitrogen and oxygen atoms in total. The third-order valence-corrected chi connectivity index (χ3v) is 9.94. The van der Waals surface area contributed by atoms with Crippen molar-refractivity contribution < 1.29 is 14.3 Å². The van der Waals surface area contributed by atoms with Gasteiger partial charge in [0.25, 0.3) is 0 Å². The summed E-state index contributed by atoms with van der Waals surface area (Å²) in [5.74, 6) is -0.353. The van der Waals surface area contributed by atoms with E-state index in [1.807, 2.05) is 0 Å². The molecule has 2 saturated carbocycles. The lowest BCUT2D eigenvalue weighted by molar-refractivity contribution is -0.403. The van der Waals surface area contributed by atoms with Gasteiger partial charge in [0.15, 0.2) is 5.79 Å². The van der Waals surface area contributed by atoms with E-state index >= 15 is 0 Å². The molecule has 204 valence electrons. The van der Waals surface area contributed by atoms with Crippen molar-refractivity contribution in [1.82, 2.24) is 5.06 Å². The van der Waals surface area contributed by atoms with Crippen LogP contribution in [-0.2, 0) is 20.7 Å². The fourth-order valence-corrected chi connectivity index (χ4v) is 7.19. The van der Waals surface area contributed by atoms with Crippen LogP contribution in [0.5, 0.6) is 0 Å². The number of hydrogen-bond acceptors (Lipinski definition) is 4. The standard InChI is InChI=1S/C32H53NO3/c1-6-30(4)25-32(35-28-19-13-9-14-20-28,36-29-21-15-10-16-22-29)26(3)31(5,7-2)33(30)34-24-23-27-17-11-8-12-18-27/h8,11-12,17-18,26,28-29H,6-7,9-10,13-16,19-25H2,1-5H3. The third-order valence-electron chi connectivity index (χ3n) is 9.94. The van der Waals surface area contributed by atoms with Crippen LogP contribution in [0.1, 0.15) is 124 Å². The highest BCUT2D eigenvalue weighted by Gasteiger charge is 2.62. The van der Waals surface area contributed by atoms with Crippen LogP contribution in [0.3, 0.4) is 0 Å². The number of nitrogens with zero attached hydrogens (tertiary/aromatic N) is 1. The Bertz CT molecular complexity index is 768. The first-order valence-corrected chi connectivity index (χ1v) is 15.2. The van der Waals surface area contributed by atoms with Crippen LogP contribution in [0, 0.1) is 5.92 Å². The number of benzene rings is 1. The van der Waals surface area contributed by atoms with E-state index < -0.39 is 5.79 Å². The Hall–Kier alpha value is -0.940. The van der Waals surface area contributed by atoms with E-state index in [1.54, 1.807) is 0 Å². The molecule has 4 heteroatoms. The van der Waals surface area contributed by atoms with E-state index in [1.165, 1.54) is 69.8 Å². The molecular weight excluding hydrogens is 446 g/mol. The van der Waals surface area contributed by atoms with Gasteiger partial charge in [-0.15, -0.1) is 0 Å². The molecule has 36 heavy (non-hydrogen) atoms. The van der Waals surface area contributed by atoms with Crippen LogP contribution < -0.4 is 0 Å². The Morgan fingerprint density at radius 1 is 0.806 bits per heavy atom. The molecule has 0 bridgehead atoms. The van der Waals surface area contributed by atoms with Gasteiger partial charge in [0, 0.05) is 17.9 Å². The van der Waals surface area contributed by atoms with Gasteiger partial charge in [-0.3, -0.25) is 4.84 Å². The molecule has 2 aliphatic carbocycles. The lowest BCUT2D eigenvalue weighted by atomic mass is 9.67. The summed E-state index contributed by atoms with van der Waals surface area (Å²) in [6, 6.07) is 10.7. The van der Waals surface area contributed by atoms with Crippen molar-refractivity contribution in [3.05, 3.63) is 35.9 Å². The molecule has 1 aromatic rings.